The van der Waals surface area contributed by atoms with Crippen molar-refractivity contribution >= 4 is 34.5 Å². The van der Waals surface area contributed by atoms with Crippen LogP contribution in [0, 0.1) is 0 Å². The highest BCUT2D eigenvalue weighted by atomic mass is 35.5. The first-order valence-corrected chi connectivity index (χ1v) is 10.4. The highest BCUT2D eigenvalue weighted by Crippen LogP contribution is 2.34. The molecule has 31 heavy (non-hydrogen) atoms. The summed E-state index contributed by atoms with van der Waals surface area (Å²) in [5.41, 5.74) is 1.16. The summed E-state index contributed by atoms with van der Waals surface area (Å²) in [6.07, 6.45) is -4.62. The van der Waals surface area contributed by atoms with E-state index in [9.17, 15) is 18.0 Å². The normalized spacial score (nSPS) is 11.4. The van der Waals surface area contributed by atoms with E-state index >= 15 is 0 Å². The second-order valence-electron chi connectivity index (χ2n) is 6.60. The first-order chi connectivity index (χ1) is 14.8. The minimum Gasteiger partial charge on any atom is -0.322 e. The van der Waals surface area contributed by atoms with Crippen LogP contribution in [-0.2, 0) is 6.18 Å². The number of benzene rings is 3. The molecule has 156 valence electrons. The van der Waals surface area contributed by atoms with Crippen molar-refractivity contribution in [1.82, 2.24) is 4.98 Å². The summed E-state index contributed by atoms with van der Waals surface area (Å²) in [5.74, 6) is -0.833. The maximum Gasteiger partial charge on any atom is 0.417 e. The number of thiazole rings is 1. The Labute approximate surface area is 185 Å². The molecule has 3 aromatic carbocycles. The van der Waals surface area contributed by atoms with Gasteiger partial charge < -0.3 is 5.32 Å². The van der Waals surface area contributed by atoms with Gasteiger partial charge in [-0.3, -0.25) is 4.79 Å². The number of halogens is 4. The lowest BCUT2D eigenvalue weighted by molar-refractivity contribution is -0.137. The van der Waals surface area contributed by atoms with E-state index in [1.807, 2.05) is 29.6 Å². The summed E-state index contributed by atoms with van der Waals surface area (Å²) in [7, 11) is 0. The van der Waals surface area contributed by atoms with Gasteiger partial charge in [-0.1, -0.05) is 54.1 Å². The fourth-order valence-corrected chi connectivity index (χ4v) is 4.20. The number of nitrogens with one attached hydrogen (secondary N) is 1. The first-order valence-electron chi connectivity index (χ1n) is 9.11. The van der Waals surface area contributed by atoms with Gasteiger partial charge in [0.15, 0.2) is 0 Å². The molecule has 0 radical (unpaired) electrons. The molecule has 0 fully saturated rings. The van der Waals surface area contributed by atoms with Crippen LogP contribution >= 0.6 is 22.9 Å². The Bertz CT molecular complexity index is 1250. The number of anilines is 1. The minimum atomic E-state index is -4.62. The number of carbonyl (C=O) groups is 1. The molecule has 1 aromatic heterocycles. The molecular formula is C23H14ClF3N2OS. The number of hydrogen-bond acceptors (Lipinski definition) is 3. The molecule has 4 rings (SSSR count). The van der Waals surface area contributed by atoms with Gasteiger partial charge in [0.25, 0.3) is 5.91 Å². The highest BCUT2D eigenvalue weighted by Gasteiger charge is 2.34. The van der Waals surface area contributed by atoms with Crippen molar-refractivity contribution in [2.75, 3.05) is 5.32 Å². The van der Waals surface area contributed by atoms with E-state index in [4.69, 9.17) is 11.6 Å². The summed E-state index contributed by atoms with van der Waals surface area (Å²) < 4.78 is 39.6. The van der Waals surface area contributed by atoms with E-state index in [1.165, 1.54) is 23.5 Å². The summed E-state index contributed by atoms with van der Waals surface area (Å²) in [5, 5.41) is 5.74. The average Bonchev–Trinajstić information content (AvgIpc) is 3.24. The molecule has 4 aromatic rings. The Morgan fingerprint density at radius 1 is 0.968 bits per heavy atom. The van der Waals surface area contributed by atoms with Gasteiger partial charge in [-0.05, 0) is 30.3 Å². The third-order valence-corrected chi connectivity index (χ3v) is 5.71. The molecule has 0 atom stereocenters. The van der Waals surface area contributed by atoms with E-state index in [0.717, 1.165) is 28.3 Å². The Morgan fingerprint density at radius 3 is 2.48 bits per heavy atom. The summed E-state index contributed by atoms with van der Waals surface area (Å²) in [6, 6.07) is 18.8. The zero-order valence-electron chi connectivity index (χ0n) is 15.8. The van der Waals surface area contributed by atoms with Crippen LogP contribution in [-0.4, -0.2) is 10.9 Å². The fourth-order valence-electron chi connectivity index (χ4n) is 3.05. The van der Waals surface area contributed by atoms with Crippen LogP contribution in [0.1, 0.15) is 15.9 Å². The number of aromatic nitrogens is 1. The lowest BCUT2D eigenvalue weighted by Gasteiger charge is -2.13. The second kappa shape index (κ2) is 8.53. The molecule has 0 aliphatic rings. The molecule has 8 heteroatoms. The van der Waals surface area contributed by atoms with Gasteiger partial charge in [0.1, 0.15) is 5.01 Å². The number of hydrogen-bond donors (Lipinski definition) is 1. The maximum absolute atomic E-state index is 13.2. The fraction of sp³-hybridized carbons (Fsp3) is 0.0435. The standard InChI is InChI=1S/C23H14ClF3N2OS/c24-19-11-4-2-9-17(19)22-29-20(13-31-22)14-6-5-7-15(12-14)28-21(30)16-8-1-3-10-18(16)23(25,26)27/h1-13H,(H,28,30). The molecular weight excluding hydrogens is 445 g/mol. The van der Waals surface area contributed by atoms with Gasteiger partial charge >= 0.3 is 6.18 Å². The molecule has 1 N–H and O–H groups in total. The first kappa shape index (κ1) is 21.1. The van der Waals surface area contributed by atoms with E-state index in [-0.39, 0.29) is 0 Å². The van der Waals surface area contributed by atoms with Gasteiger partial charge in [-0.25, -0.2) is 4.98 Å². The molecule has 0 saturated heterocycles. The van der Waals surface area contributed by atoms with Gasteiger partial charge in [-0.15, -0.1) is 11.3 Å². The highest BCUT2D eigenvalue weighted by molar-refractivity contribution is 7.13. The number of alkyl halides is 3. The largest absolute Gasteiger partial charge is 0.417 e. The Morgan fingerprint density at radius 2 is 1.71 bits per heavy atom. The van der Waals surface area contributed by atoms with Crippen LogP contribution in [0.15, 0.2) is 78.2 Å². The van der Waals surface area contributed by atoms with Crippen molar-refractivity contribution in [3.05, 3.63) is 94.3 Å². The molecule has 0 aliphatic heterocycles. The maximum atomic E-state index is 13.2. The predicted octanol–water partition coefficient (Wildman–Crippen LogP) is 7.40. The van der Waals surface area contributed by atoms with Gasteiger partial charge in [0.05, 0.1) is 21.8 Å². The van der Waals surface area contributed by atoms with Crippen LogP contribution in [0.5, 0.6) is 0 Å². The zero-order chi connectivity index (χ0) is 22.0. The third kappa shape index (κ3) is 4.62. The molecule has 1 amide bonds. The molecule has 0 spiro atoms. The van der Waals surface area contributed by atoms with Gasteiger partial charge in [0.2, 0.25) is 0 Å². The number of carbonyl (C=O) groups excluding carboxylic acids is 1. The Balaban J connectivity index is 1.59. The molecule has 0 saturated carbocycles. The van der Waals surface area contributed by atoms with Crippen molar-refractivity contribution in [3.8, 4) is 21.8 Å². The quantitative estimate of drug-likeness (QED) is 0.346. The van der Waals surface area contributed by atoms with Crippen molar-refractivity contribution in [2.24, 2.45) is 0 Å². The lowest BCUT2D eigenvalue weighted by Crippen LogP contribution is -2.18. The minimum absolute atomic E-state index is 0.367. The number of nitrogens with zero attached hydrogens (tertiary/aromatic N) is 1. The lowest BCUT2D eigenvalue weighted by atomic mass is 10.1. The van der Waals surface area contributed by atoms with Crippen LogP contribution in [0.25, 0.3) is 21.8 Å². The smallest absolute Gasteiger partial charge is 0.322 e. The van der Waals surface area contributed by atoms with E-state index in [0.29, 0.717) is 16.4 Å². The van der Waals surface area contributed by atoms with Crippen LogP contribution in [0.2, 0.25) is 5.02 Å². The summed E-state index contributed by atoms with van der Waals surface area (Å²) in [4.78, 5) is 17.1. The van der Waals surface area contributed by atoms with Crippen molar-refractivity contribution < 1.29 is 18.0 Å². The Hall–Kier alpha value is -3.16. The molecule has 0 aliphatic carbocycles. The second-order valence-corrected chi connectivity index (χ2v) is 7.86. The van der Waals surface area contributed by atoms with Crippen molar-refractivity contribution in [3.63, 3.8) is 0 Å². The predicted molar refractivity (Wildman–Crippen MR) is 117 cm³/mol. The third-order valence-electron chi connectivity index (χ3n) is 4.50. The number of rotatable bonds is 4. The Kier molecular flexibility index (Phi) is 5.80. The van der Waals surface area contributed by atoms with Crippen LogP contribution in [0.4, 0.5) is 18.9 Å². The molecule has 0 unspecified atom stereocenters. The number of amides is 1. The monoisotopic (exact) mass is 458 g/mol. The zero-order valence-corrected chi connectivity index (χ0v) is 17.4. The average molecular weight is 459 g/mol. The van der Waals surface area contributed by atoms with E-state index in [1.54, 1.807) is 24.3 Å². The summed E-state index contributed by atoms with van der Waals surface area (Å²) in [6.45, 7) is 0. The molecule has 0 bridgehead atoms. The summed E-state index contributed by atoms with van der Waals surface area (Å²) >= 11 is 7.66. The van der Waals surface area contributed by atoms with Crippen molar-refractivity contribution in [2.45, 2.75) is 6.18 Å². The van der Waals surface area contributed by atoms with E-state index < -0.39 is 23.2 Å². The molecule has 1 heterocycles. The van der Waals surface area contributed by atoms with Crippen LogP contribution in [0.3, 0.4) is 0 Å². The van der Waals surface area contributed by atoms with Crippen LogP contribution < -0.4 is 5.32 Å². The van der Waals surface area contributed by atoms with Gasteiger partial charge in [-0.2, -0.15) is 13.2 Å². The topological polar surface area (TPSA) is 42.0 Å². The SMILES string of the molecule is O=C(Nc1cccc(-c2csc(-c3ccccc3Cl)n2)c1)c1ccccc1C(F)(F)F. The van der Waals surface area contributed by atoms with Gasteiger partial charge in [0, 0.05) is 22.2 Å². The van der Waals surface area contributed by atoms with Crippen molar-refractivity contribution in [1.29, 1.82) is 0 Å². The van der Waals surface area contributed by atoms with E-state index in [2.05, 4.69) is 10.3 Å². The molecule has 3 nitrogen and oxygen atoms in total.